The zero-order valence-electron chi connectivity index (χ0n) is 17.2. The molecule has 1 atom stereocenters. The first-order valence-electron chi connectivity index (χ1n) is 10.0. The Balaban J connectivity index is 2.30. The molecule has 0 saturated carbocycles. The highest BCUT2D eigenvalue weighted by Crippen LogP contribution is 2.32. The van der Waals surface area contributed by atoms with Gasteiger partial charge in [0.25, 0.3) is 0 Å². The molecule has 26 heavy (non-hydrogen) atoms. The van der Waals surface area contributed by atoms with Crippen molar-refractivity contribution in [3.8, 4) is 11.3 Å². The summed E-state index contributed by atoms with van der Waals surface area (Å²) in [6, 6.07) is 14.1. The molecule has 3 rings (SSSR count). The largest absolute Gasteiger partial charge is 0.220 e. The van der Waals surface area contributed by atoms with Crippen LogP contribution in [0, 0.1) is 6.92 Å². The Morgan fingerprint density at radius 3 is 2.38 bits per heavy atom. The van der Waals surface area contributed by atoms with Crippen LogP contribution in [0.15, 0.2) is 42.6 Å². The SMILES string of the molecule is CCc1cc(CC)c(C)c(-c2c3ccc(C(C)CC)cc3cc[n+]2C)c1. The van der Waals surface area contributed by atoms with Gasteiger partial charge in [-0.15, -0.1) is 0 Å². The Kier molecular flexibility index (Phi) is 5.46. The molecule has 0 bridgehead atoms. The van der Waals surface area contributed by atoms with Crippen LogP contribution in [0.3, 0.4) is 0 Å². The summed E-state index contributed by atoms with van der Waals surface area (Å²) in [5.74, 6) is 0.605. The highest BCUT2D eigenvalue weighted by Gasteiger charge is 2.19. The number of aryl methyl sites for hydroxylation is 3. The molecule has 0 N–H and O–H groups in total. The van der Waals surface area contributed by atoms with E-state index in [-0.39, 0.29) is 0 Å². The van der Waals surface area contributed by atoms with Crippen molar-refractivity contribution < 1.29 is 4.57 Å². The van der Waals surface area contributed by atoms with Crippen molar-refractivity contribution >= 4 is 10.8 Å². The topological polar surface area (TPSA) is 3.88 Å². The van der Waals surface area contributed by atoms with Gasteiger partial charge in [0.1, 0.15) is 7.05 Å². The highest BCUT2D eigenvalue weighted by atomic mass is 14.9. The van der Waals surface area contributed by atoms with Crippen molar-refractivity contribution in [3.05, 3.63) is 64.8 Å². The minimum absolute atomic E-state index is 0.605. The van der Waals surface area contributed by atoms with Crippen LogP contribution in [-0.4, -0.2) is 0 Å². The van der Waals surface area contributed by atoms with Gasteiger partial charge < -0.3 is 0 Å². The predicted molar refractivity (Wildman–Crippen MR) is 113 cm³/mol. The van der Waals surface area contributed by atoms with Gasteiger partial charge in [-0.1, -0.05) is 45.9 Å². The van der Waals surface area contributed by atoms with Crippen LogP contribution in [-0.2, 0) is 19.9 Å². The molecule has 0 fully saturated rings. The van der Waals surface area contributed by atoms with E-state index in [1.165, 1.54) is 50.7 Å². The number of benzene rings is 2. The van der Waals surface area contributed by atoms with Gasteiger partial charge in [0.15, 0.2) is 6.20 Å². The summed E-state index contributed by atoms with van der Waals surface area (Å²) in [5, 5.41) is 2.69. The predicted octanol–water partition coefficient (Wildman–Crippen LogP) is 6.28. The number of nitrogens with zero attached hydrogens (tertiary/aromatic N) is 1. The van der Waals surface area contributed by atoms with E-state index in [0.29, 0.717) is 5.92 Å². The first-order valence-corrected chi connectivity index (χ1v) is 10.0. The first-order chi connectivity index (χ1) is 12.5. The monoisotopic (exact) mass is 346 g/mol. The van der Waals surface area contributed by atoms with E-state index in [0.717, 1.165) is 12.8 Å². The fraction of sp³-hybridized carbons (Fsp3) is 0.400. The molecule has 0 amide bonds. The van der Waals surface area contributed by atoms with Crippen LogP contribution in [0.1, 0.15) is 62.3 Å². The maximum atomic E-state index is 2.39. The van der Waals surface area contributed by atoms with Gasteiger partial charge in [0.05, 0.1) is 10.9 Å². The lowest BCUT2D eigenvalue weighted by Crippen LogP contribution is -2.31. The van der Waals surface area contributed by atoms with Crippen molar-refractivity contribution in [3.63, 3.8) is 0 Å². The van der Waals surface area contributed by atoms with Crippen LogP contribution in [0.4, 0.5) is 0 Å². The lowest BCUT2D eigenvalue weighted by molar-refractivity contribution is -0.659. The van der Waals surface area contributed by atoms with Crippen molar-refractivity contribution in [2.75, 3.05) is 0 Å². The van der Waals surface area contributed by atoms with Crippen LogP contribution in [0.2, 0.25) is 0 Å². The van der Waals surface area contributed by atoms with Gasteiger partial charge in [0, 0.05) is 6.07 Å². The Labute approximate surface area is 158 Å². The molecule has 0 aliphatic rings. The third-order valence-corrected chi connectivity index (χ3v) is 5.96. The molecule has 1 heteroatoms. The van der Waals surface area contributed by atoms with E-state index in [1.807, 2.05) is 0 Å². The number of hydrogen-bond donors (Lipinski definition) is 0. The molecule has 136 valence electrons. The Bertz CT molecular complexity index is 937. The van der Waals surface area contributed by atoms with Crippen molar-refractivity contribution in [1.82, 2.24) is 0 Å². The summed E-state index contributed by atoms with van der Waals surface area (Å²) in [6.07, 6.45) is 5.55. The summed E-state index contributed by atoms with van der Waals surface area (Å²) in [5.41, 5.74) is 8.46. The maximum Gasteiger partial charge on any atom is 0.220 e. The standard InChI is InChI=1S/C25H32N/c1-7-17(4)21-10-11-23-22(16-21)12-13-26(6)25(23)24-15-19(8-2)14-20(9-3)18(24)5/h10-17H,7-9H2,1-6H3/q+1. The third-order valence-electron chi connectivity index (χ3n) is 5.96. The molecule has 1 unspecified atom stereocenters. The molecule has 0 aliphatic heterocycles. The average Bonchev–Trinajstić information content (AvgIpc) is 2.67. The number of fused-ring (bicyclic) bond motifs is 1. The molecule has 1 aromatic heterocycles. The fourth-order valence-electron chi connectivity index (χ4n) is 3.93. The summed E-state index contributed by atoms with van der Waals surface area (Å²) >= 11 is 0. The van der Waals surface area contributed by atoms with E-state index >= 15 is 0 Å². The fourth-order valence-corrected chi connectivity index (χ4v) is 3.93. The second kappa shape index (κ2) is 7.61. The minimum Gasteiger partial charge on any atom is -0.200 e. The normalized spacial score (nSPS) is 12.5. The van der Waals surface area contributed by atoms with E-state index in [4.69, 9.17) is 0 Å². The van der Waals surface area contributed by atoms with Crippen LogP contribution in [0.5, 0.6) is 0 Å². The number of pyridine rings is 1. The molecule has 0 radical (unpaired) electrons. The minimum atomic E-state index is 0.605. The van der Waals surface area contributed by atoms with Gasteiger partial charge in [-0.25, -0.2) is 4.57 Å². The average molecular weight is 347 g/mol. The van der Waals surface area contributed by atoms with Crippen molar-refractivity contribution in [1.29, 1.82) is 0 Å². The zero-order chi connectivity index (χ0) is 18.8. The molecule has 2 aromatic carbocycles. The van der Waals surface area contributed by atoms with Gasteiger partial charge in [-0.3, -0.25) is 0 Å². The second-order valence-corrected chi connectivity index (χ2v) is 7.57. The first kappa shape index (κ1) is 18.6. The maximum absolute atomic E-state index is 2.39. The number of aromatic nitrogens is 1. The van der Waals surface area contributed by atoms with E-state index in [9.17, 15) is 0 Å². The summed E-state index contributed by atoms with van der Waals surface area (Å²) in [6.45, 7) is 11.4. The zero-order valence-corrected chi connectivity index (χ0v) is 17.2. The lowest BCUT2D eigenvalue weighted by atomic mass is 9.90. The van der Waals surface area contributed by atoms with Crippen LogP contribution in [0.25, 0.3) is 22.0 Å². The summed E-state index contributed by atoms with van der Waals surface area (Å²) in [4.78, 5) is 0. The van der Waals surface area contributed by atoms with Crippen LogP contribution >= 0.6 is 0 Å². The lowest BCUT2D eigenvalue weighted by Gasteiger charge is -2.15. The highest BCUT2D eigenvalue weighted by molar-refractivity contribution is 5.94. The Hall–Kier alpha value is -2.15. The Morgan fingerprint density at radius 2 is 1.73 bits per heavy atom. The van der Waals surface area contributed by atoms with Crippen LogP contribution < -0.4 is 4.57 Å². The number of rotatable bonds is 5. The molecular weight excluding hydrogens is 314 g/mol. The third kappa shape index (κ3) is 3.28. The Morgan fingerprint density at radius 1 is 0.962 bits per heavy atom. The molecule has 1 heterocycles. The smallest absolute Gasteiger partial charge is 0.200 e. The van der Waals surface area contributed by atoms with Gasteiger partial charge in [0.2, 0.25) is 5.69 Å². The molecule has 0 spiro atoms. The van der Waals surface area contributed by atoms with Crippen molar-refractivity contribution in [2.24, 2.45) is 7.05 Å². The van der Waals surface area contributed by atoms with Crippen molar-refractivity contribution in [2.45, 2.75) is 59.8 Å². The van der Waals surface area contributed by atoms with E-state index < -0.39 is 0 Å². The second-order valence-electron chi connectivity index (χ2n) is 7.57. The van der Waals surface area contributed by atoms with E-state index in [2.05, 4.69) is 88.8 Å². The molecule has 1 nitrogen and oxygen atoms in total. The van der Waals surface area contributed by atoms with Gasteiger partial charge in [-0.05, 0) is 71.9 Å². The summed E-state index contributed by atoms with van der Waals surface area (Å²) in [7, 11) is 2.17. The summed E-state index contributed by atoms with van der Waals surface area (Å²) < 4.78 is 2.28. The van der Waals surface area contributed by atoms with E-state index in [1.54, 1.807) is 0 Å². The molecule has 0 aliphatic carbocycles. The quantitative estimate of drug-likeness (QED) is 0.479. The molecule has 3 aromatic rings. The molecular formula is C25H32N+. The molecule has 0 saturated heterocycles. The van der Waals surface area contributed by atoms with Gasteiger partial charge >= 0.3 is 0 Å². The van der Waals surface area contributed by atoms with Gasteiger partial charge in [-0.2, -0.15) is 0 Å². The number of hydrogen-bond acceptors (Lipinski definition) is 0.